The van der Waals surface area contributed by atoms with Gasteiger partial charge in [-0.3, -0.25) is 14.5 Å². The smallest absolute Gasteiger partial charge is 0.341 e. The molecule has 7 nitrogen and oxygen atoms in total. The quantitative estimate of drug-likeness (QED) is 0.603. The van der Waals surface area contributed by atoms with Gasteiger partial charge in [0.1, 0.15) is 10.6 Å². The van der Waals surface area contributed by atoms with E-state index in [2.05, 4.69) is 15.5 Å². The standard InChI is InChI=1S/C21H27N3O4S2/c1-3-28-21(27)19-16(17-5-4-10-29-17)13-30-20(19)23-18(26)12-24-8-6-15(7-9-24)11-22-14(2)25/h4-5,10,13,15H,3,6-9,11-12H2,1-2H3,(H,22,25)(H,23,26). The van der Waals surface area contributed by atoms with Crippen LogP contribution < -0.4 is 10.6 Å². The number of hydrogen-bond donors (Lipinski definition) is 2. The number of piperidine rings is 1. The Morgan fingerprint density at radius 3 is 2.63 bits per heavy atom. The molecule has 30 heavy (non-hydrogen) atoms. The topological polar surface area (TPSA) is 87.7 Å². The van der Waals surface area contributed by atoms with Crippen LogP contribution in [0.1, 0.15) is 37.0 Å². The Morgan fingerprint density at radius 2 is 2.00 bits per heavy atom. The Hall–Kier alpha value is -2.23. The number of carbonyl (C=O) groups excluding carboxylic acids is 3. The van der Waals surface area contributed by atoms with Crippen LogP contribution in [0.4, 0.5) is 5.00 Å². The Kier molecular flexibility index (Phi) is 8.01. The van der Waals surface area contributed by atoms with Crippen LogP contribution in [0.3, 0.4) is 0 Å². The Morgan fingerprint density at radius 1 is 1.23 bits per heavy atom. The van der Waals surface area contributed by atoms with Crippen LogP contribution in [0, 0.1) is 5.92 Å². The highest BCUT2D eigenvalue weighted by Gasteiger charge is 2.25. The first-order valence-electron chi connectivity index (χ1n) is 10.1. The zero-order valence-electron chi connectivity index (χ0n) is 17.2. The maximum absolute atomic E-state index is 12.7. The second-order valence-corrected chi connectivity index (χ2v) is 9.08. The van der Waals surface area contributed by atoms with Crippen molar-refractivity contribution in [3.8, 4) is 10.4 Å². The van der Waals surface area contributed by atoms with Crippen LogP contribution >= 0.6 is 22.7 Å². The number of hydrogen-bond acceptors (Lipinski definition) is 7. The summed E-state index contributed by atoms with van der Waals surface area (Å²) in [6, 6.07) is 3.88. The fourth-order valence-electron chi connectivity index (χ4n) is 3.47. The van der Waals surface area contributed by atoms with E-state index >= 15 is 0 Å². The molecule has 3 rings (SSSR count). The number of nitrogens with zero attached hydrogens (tertiary/aromatic N) is 1. The largest absolute Gasteiger partial charge is 0.462 e. The van der Waals surface area contributed by atoms with Gasteiger partial charge in [0.25, 0.3) is 0 Å². The molecule has 0 aliphatic carbocycles. The lowest BCUT2D eigenvalue weighted by molar-refractivity contribution is -0.119. The van der Waals surface area contributed by atoms with E-state index in [1.54, 1.807) is 18.3 Å². The third-order valence-electron chi connectivity index (χ3n) is 5.02. The van der Waals surface area contributed by atoms with Gasteiger partial charge < -0.3 is 15.4 Å². The number of esters is 1. The number of ether oxygens (including phenoxy) is 1. The predicted molar refractivity (Wildman–Crippen MR) is 120 cm³/mol. The maximum atomic E-state index is 12.7. The summed E-state index contributed by atoms with van der Waals surface area (Å²) in [7, 11) is 0. The van der Waals surface area contributed by atoms with Gasteiger partial charge in [-0.15, -0.1) is 22.7 Å². The third kappa shape index (κ3) is 5.90. The normalized spacial score (nSPS) is 15.0. The van der Waals surface area contributed by atoms with Gasteiger partial charge in [0, 0.05) is 29.3 Å². The monoisotopic (exact) mass is 449 g/mol. The van der Waals surface area contributed by atoms with Gasteiger partial charge in [0.15, 0.2) is 0 Å². The van der Waals surface area contributed by atoms with Crippen LogP contribution in [0.5, 0.6) is 0 Å². The lowest BCUT2D eigenvalue weighted by atomic mass is 9.97. The van der Waals surface area contributed by atoms with Crippen molar-refractivity contribution in [1.29, 1.82) is 0 Å². The lowest BCUT2D eigenvalue weighted by Crippen LogP contribution is -2.41. The van der Waals surface area contributed by atoms with E-state index in [4.69, 9.17) is 4.74 Å². The molecule has 0 aromatic carbocycles. The lowest BCUT2D eigenvalue weighted by Gasteiger charge is -2.31. The highest BCUT2D eigenvalue weighted by molar-refractivity contribution is 7.17. The van der Waals surface area contributed by atoms with E-state index < -0.39 is 5.97 Å². The van der Waals surface area contributed by atoms with Crippen molar-refractivity contribution in [1.82, 2.24) is 10.2 Å². The van der Waals surface area contributed by atoms with Gasteiger partial charge in [-0.25, -0.2) is 4.79 Å². The molecule has 0 atom stereocenters. The first-order valence-corrected chi connectivity index (χ1v) is 11.8. The molecular formula is C21H27N3O4S2. The minimum Gasteiger partial charge on any atom is -0.462 e. The fourth-order valence-corrected chi connectivity index (χ4v) is 5.26. The summed E-state index contributed by atoms with van der Waals surface area (Å²) >= 11 is 2.89. The number of thiophene rings is 2. The summed E-state index contributed by atoms with van der Waals surface area (Å²) in [5.41, 5.74) is 1.22. The number of nitrogens with one attached hydrogen (secondary N) is 2. The van der Waals surface area contributed by atoms with Crippen LogP contribution in [0.2, 0.25) is 0 Å². The molecule has 0 radical (unpaired) electrons. The molecule has 1 aliphatic heterocycles. The molecule has 2 N–H and O–H groups in total. The molecule has 162 valence electrons. The molecule has 1 aliphatic rings. The number of likely N-dealkylation sites (tertiary alicyclic amines) is 1. The average Bonchev–Trinajstić information content (AvgIpc) is 3.37. The molecular weight excluding hydrogens is 422 g/mol. The van der Waals surface area contributed by atoms with Crippen LogP contribution in [0.25, 0.3) is 10.4 Å². The zero-order valence-corrected chi connectivity index (χ0v) is 18.9. The van der Waals surface area contributed by atoms with Gasteiger partial charge in [-0.1, -0.05) is 6.07 Å². The summed E-state index contributed by atoms with van der Waals surface area (Å²) in [5, 5.41) is 10.2. The molecule has 9 heteroatoms. The van der Waals surface area contributed by atoms with E-state index in [1.807, 2.05) is 22.9 Å². The maximum Gasteiger partial charge on any atom is 0.341 e. The third-order valence-corrected chi connectivity index (χ3v) is 6.82. The van der Waals surface area contributed by atoms with Crippen LogP contribution in [-0.4, -0.2) is 55.5 Å². The van der Waals surface area contributed by atoms with Crippen molar-refractivity contribution in [2.75, 3.05) is 38.1 Å². The minimum absolute atomic E-state index is 0.00734. The summed E-state index contributed by atoms with van der Waals surface area (Å²) < 4.78 is 5.23. The van der Waals surface area contributed by atoms with Crippen molar-refractivity contribution in [2.24, 2.45) is 5.92 Å². The van der Waals surface area contributed by atoms with Crippen molar-refractivity contribution in [2.45, 2.75) is 26.7 Å². The molecule has 0 bridgehead atoms. The molecule has 0 spiro atoms. The van der Waals surface area contributed by atoms with Crippen LogP contribution in [-0.2, 0) is 14.3 Å². The second-order valence-electron chi connectivity index (χ2n) is 7.26. The van der Waals surface area contributed by atoms with Gasteiger partial charge in [0.2, 0.25) is 11.8 Å². The molecule has 2 aromatic heterocycles. The van der Waals surface area contributed by atoms with E-state index in [1.165, 1.54) is 18.3 Å². The minimum atomic E-state index is -0.420. The Balaban J connectivity index is 1.60. The zero-order chi connectivity index (χ0) is 21.5. The van der Waals surface area contributed by atoms with Gasteiger partial charge in [-0.05, 0) is 50.2 Å². The first-order chi connectivity index (χ1) is 14.5. The van der Waals surface area contributed by atoms with E-state index in [0.717, 1.165) is 36.4 Å². The van der Waals surface area contributed by atoms with Crippen molar-refractivity contribution >= 4 is 45.5 Å². The number of amides is 2. The van der Waals surface area contributed by atoms with Crippen molar-refractivity contribution in [3.63, 3.8) is 0 Å². The number of rotatable bonds is 8. The molecule has 2 amide bonds. The highest BCUT2D eigenvalue weighted by atomic mass is 32.1. The van der Waals surface area contributed by atoms with Crippen molar-refractivity contribution < 1.29 is 19.1 Å². The fraction of sp³-hybridized carbons (Fsp3) is 0.476. The summed E-state index contributed by atoms with van der Waals surface area (Å²) in [4.78, 5) is 39.3. The van der Waals surface area contributed by atoms with Gasteiger partial charge >= 0.3 is 5.97 Å². The van der Waals surface area contributed by atoms with Crippen molar-refractivity contribution in [3.05, 3.63) is 28.5 Å². The molecule has 3 heterocycles. The number of anilines is 1. The second kappa shape index (κ2) is 10.7. The predicted octanol–water partition coefficient (Wildman–Crippen LogP) is 3.44. The van der Waals surface area contributed by atoms with E-state index in [0.29, 0.717) is 23.0 Å². The van der Waals surface area contributed by atoms with Crippen LogP contribution in [0.15, 0.2) is 22.9 Å². The molecule has 1 saturated heterocycles. The Labute approximate surface area is 184 Å². The number of carbonyl (C=O) groups is 3. The SMILES string of the molecule is CCOC(=O)c1c(-c2cccs2)csc1NC(=O)CN1CCC(CNC(C)=O)CC1. The molecule has 0 unspecified atom stereocenters. The summed E-state index contributed by atoms with van der Waals surface area (Å²) in [6.07, 6.45) is 1.90. The molecule has 2 aromatic rings. The summed E-state index contributed by atoms with van der Waals surface area (Å²) in [5.74, 6) is -0.113. The Bertz CT molecular complexity index is 871. The average molecular weight is 450 g/mol. The van der Waals surface area contributed by atoms with E-state index in [9.17, 15) is 14.4 Å². The van der Waals surface area contributed by atoms with Gasteiger partial charge in [0.05, 0.1) is 13.2 Å². The summed E-state index contributed by atoms with van der Waals surface area (Å²) in [6.45, 7) is 6.17. The first kappa shape index (κ1) is 22.5. The highest BCUT2D eigenvalue weighted by Crippen LogP contribution is 2.38. The molecule has 0 saturated carbocycles. The van der Waals surface area contributed by atoms with E-state index in [-0.39, 0.29) is 25.0 Å². The van der Waals surface area contributed by atoms with Gasteiger partial charge in [-0.2, -0.15) is 0 Å². The molecule has 1 fully saturated rings.